The van der Waals surface area contributed by atoms with Gasteiger partial charge in [0.2, 0.25) is 5.91 Å². The molecule has 4 aromatic rings. The maximum absolute atomic E-state index is 13.2. The van der Waals surface area contributed by atoms with Crippen molar-refractivity contribution in [3.05, 3.63) is 92.8 Å². The molecule has 1 unspecified atom stereocenters. The third-order valence-corrected chi connectivity index (χ3v) is 7.00. The molecule has 0 saturated carbocycles. The topological polar surface area (TPSA) is 133 Å². The number of H-pyrrole nitrogens is 1. The lowest BCUT2D eigenvalue weighted by Crippen LogP contribution is -2.13. The molecule has 0 fully saturated rings. The van der Waals surface area contributed by atoms with Crippen LogP contribution in [0.2, 0.25) is 0 Å². The number of anilines is 2. The molecule has 2 aromatic carbocycles. The summed E-state index contributed by atoms with van der Waals surface area (Å²) >= 11 is 1.13. The van der Waals surface area contributed by atoms with Gasteiger partial charge in [0, 0.05) is 40.5 Å². The van der Waals surface area contributed by atoms with Gasteiger partial charge in [-0.1, -0.05) is 0 Å². The van der Waals surface area contributed by atoms with Crippen molar-refractivity contribution >= 4 is 58.1 Å². The summed E-state index contributed by atoms with van der Waals surface area (Å²) in [6.45, 7) is 3.31. The van der Waals surface area contributed by atoms with Crippen LogP contribution >= 0.6 is 11.3 Å². The zero-order chi connectivity index (χ0) is 26.1. The number of thiophene rings is 1. The van der Waals surface area contributed by atoms with Crippen LogP contribution in [0, 0.1) is 6.92 Å². The summed E-state index contributed by atoms with van der Waals surface area (Å²) in [5.74, 6) is -1.04. The van der Waals surface area contributed by atoms with E-state index < -0.39 is 5.92 Å². The van der Waals surface area contributed by atoms with Crippen molar-refractivity contribution in [2.75, 3.05) is 10.6 Å². The Morgan fingerprint density at radius 2 is 1.73 bits per heavy atom. The summed E-state index contributed by atoms with van der Waals surface area (Å²) < 4.78 is 0. The van der Waals surface area contributed by atoms with Gasteiger partial charge in [-0.15, -0.1) is 11.3 Å². The van der Waals surface area contributed by atoms with Gasteiger partial charge in [-0.05, 0) is 74.0 Å². The van der Waals surface area contributed by atoms with Gasteiger partial charge in [0.1, 0.15) is 5.92 Å². The molecule has 1 atom stereocenters. The van der Waals surface area contributed by atoms with Gasteiger partial charge in [0.25, 0.3) is 5.91 Å². The van der Waals surface area contributed by atoms with Crippen molar-refractivity contribution in [2.45, 2.75) is 19.8 Å². The molecule has 0 saturated heterocycles. The van der Waals surface area contributed by atoms with Crippen LogP contribution in [0.25, 0.3) is 0 Å². The van der Waals surface area contributed by atoms with Gasteiger partial charge < -0.3 is 10.6 Å². The highest BCUT2D eigenvalue weighted by Gasteiger charge is 2.30. The number of nitrogens with one attached hydrogen (secondary N) is 3. The van der Waals surface area contributed by atoms with Crippen LogP contribution < -0.4 is 10.6 Å². The Morgan fingerprint density at radius 3 is 2.41 bits per heavy atom. The number of benzene rings is 2. The molecule has 2 aromatic heterocycles. The Labute approximate surface area is 215 Å². The Morgan fingerprint density at radius 1 is 1.00 bits per heavy atom. The Hall–Kier alpha value is -4.70. The molecule has 0 bridgehead atoms. The van der Waals surface area contributed by atoms with Gasteiger partial charge in [-0.25, -0.2) is 4.99 Å². The van der Waals surface area contributed by atoms with E-state index in [-0.39, 0.29) is 23.4 Å². The summed E-state index contributed by atoms with van der Waals surface area (Å²) in [5, 5.41) is 12.4. The number of aromatic nitrogens is 2. The van der Waals surface area contributed by atoms with Crippen LogP contribution in [-0.4, -0.2) is 39.8 Å². The van der Waals surface area contributed by atoms with Gasteiger partial charge in [0.15, 0.2) is 17.4 Å². The number of hydrogen-bond donors (Lipinski definition) is 3. The highest BCUT2D eigenvalue weighted by Crippen LogP contribution is 2.33. The quantitative estimate of drug-likeness (QED) is 0.240. The first kappa shape index (κ1) is 24.0. The molecule has 1 aliphatic heterocycles. The molecule has 5 rings (SSSR count). The number of aromatic amines is 1. The number of carbonyl (C=O) groups is 4. The molecule has 0 spiro atoms. The van der Waals surface area contributed by atoms with E-state index in [4.69, 9.17) is 0 Å². The minimum Gasteiger partial charge on any atom is -0.325 e. The first-order valence-electron chi connectivity index (χ1n) is 11.4. The first-order valence-corrected chi connectivity index (χ1v) is 12.2. The minimum absolute atomic E-state index is 0.0926. The van der Waals surface area contributed by atoms with Crippen LogP contribution in [0.15, 0.2) is 65.7 Å². The molecule has 0 aliphatic carbocycles. The van der Waals surface area contributed by atoms with E-state index in [1.54, 1.807) is 60.7 Å². The van der Waals surface area contributed by atoms with Gasteiger partial charge in [0.05, 0.1) is 9.75 Å². The zero-order valence-electron chi connectivity index (χ0n) is 19.9. The Balaban J connectivity index is 1.31. The third kappa shape index (κ3) is 5.00. The molecular weight excluding hydrogens is 490 g/mol. The number of fused-ring (bicyclic) bond motifs is 1. The number of rotatable bonds is 7. The lowest BCUT2D eigenvalue weighted by atomic mass is 9.96. The van der Waals surface area contributed by atoms with Gasteiger partial charge in [-0.3, -0.25) is 24.3 Å². The van der Waals surface area contributed by atoms with Crippen molar-refractivity contribution < 1.29 is 19.2 Å². The van der Waals surface area contributed by atoms with Crippen LogP contribution in [0.4, 0.5) is 17.2 Å². The molecule has 2 amide bonds. The Kier molecular flexibility index (Phi) is 6.33. The number of Topliss-reactive ketones (excluding diaryl/α,β-unsaturated/α-hetero) is 1. The highest BCUT2D eigenvalue weighted by molar-refractivity contribution is 7.16. The largest absolute Gasteiger partial charge is 0.325 e. The fourth-order valence-electron chi connectivity index (χ4n) is 3.91. The third-order valence-electron chi connectivity index (χ3n) is 5.82. The van der Waals surface area contributed by atoms with E-state index in [0.717, 1.165) is 17.0 Å². The van der Waals surface area contributed by atoms with E-state index in [1.807, 2.05) is 6.92 Å². The lowest BCUT2D eigenvalue weighted by Gasteiger charge is -2.08. The summed E-state index contributed by atoms with van der Waals surface area (Å²) in [6.07, 6.45) is 1.52. The predicted molar refractivity (Wildman–Crippen MR) is 141 cm³/mol. The lowest BCUT2D eigenvalue weighted by molar-refractivity contribution is -0.115. The second-order valence-corrected chi connectivity index (χ2v) is 9.62. The van der Waals surface area contributed by atoms with Gasteiger partial charge in [-0.2, -0.15) is 5.10 Å². The van der Waals surface area contributed by atoms with Crippen molar-refractivity contribution in [3.8, 4) is 0 Å². The number of aryl methyl sites for hydroxylation is 1. The maximum Gasteiger partial charge on any atom is 0.265 e. The second kappa shape index (κ2) is 9.75. The standard InChI is InChI=1S/C27H21N5O4S/c1-14-11-24(32-31-14)28-13-20-19-12-17(5-8-21(19)30-26(20)35)25(34)16-3-6-18(7-4-16)29-27(36)23-10-9-22(37-23)15(2)33/h3-13,20H,1-2H3,(H,29,36)(H,30,35)(H,31,32). The minimum atomic E-state index is -0.641. The smallest absolute Gasteiger partial charge is 0.265 e. The molecule has 10 heteroatoms. The predicted octanol–water partition coefficient (Wildman–Crippen LogP) is 4.90. The van der Waals surface area contributed by atoms with Crippen LogP contribution in [0.5, 0.6) is 0 Å². The Bertz CT molecular complexity index is 1580. The number of amides is 2. The molecule has 3 N–H and O–H groups in total. The normalized spacial score (nSPS) is 14.4. The van der Waals surface area contributed by atoms with E-state index in [2.05, 4.69) is 25.8 Å². The van der Waals surface area contributed by atoms with E-state index in [0.29, 0.717) is 43.6 Å². The van der Waals surface area contributed by atoms with Crippen LogP contribution in [0.1, 0.15) is 59.4 Å². The van der Waals surface area contributed by atoms with E-state index in [9.17, 15) is 19.2 Å². The van der Waals surface area contributed by atoms with Crippen molar-refractivity contribution in [1.29, 1.82) is 0 Å². The number of nitrogens with zero attached hydrogens (tertiary/aromatic N) is 2. The summed E-state index contributed by atoms with van der Waals surface area (Å²) in [4.78, 5) is 54.8. The number of carbonyl (C=O) groups excluding carboxylic acids is 4. The number of aliphatic imine (C=N–C) groups is 1. The second-order valence-electron chi connectivity index (χ2n) is 8.54. The molecule has 184 valence electrons. The maximum atomic E-state index is 13.2. The average Bonchev–Trinajstić information content (AvgIpc) is 3.61. The number of ketones is 2. The average molecular weight is 512 g/mol. The highest BCUT2D eigenvalue weighted by atomic mass is 32.1. The monoisotopic (exact) mass is 511 g/mol. The summed E-state index contributed by atoms with van der Waals surface area (Å²) in [5.41, 5.74) is 3.54. The van der Waals surface area contributed by atoms with Crippen molar-refractivity contribution in [2.24, 2.45) is 4.99 Å². The first-order chi connectivity index (χ1) is 17.8. The SMILES string of the molecule is CC(=O)c1ccc(C(=O)Nc2ccc(C(=O)c3ccc4c(c3)C(C=Nc3cc(C)[nH]n3)C(=O)N4)cc2)s1. The summed E-state index contributed by atoms with van der Waals surface area (Å²) in [6, 6.07) is 16.6. The molecular formula is C27H21N5O4S. The molecule has 9 nitrogen and oxygen atoms in total. The molecule has 37 heavy (non-hydrogen) atoms. The number of hydrogen-bond acceptors (Lipinski definition) is 7. The van der Waals surface area contributed by atoms with Crippen LogP contribution in [0.3, 0.4) is 0 Å². The fraction of sp³-hybridized carbons (Fsp3) is 0.111. The molecule has 3 heterocycles. The van der Waals surface area contributed by atoms with Crippen molar-refractivity contribution in [1.82, 2.24) is 10.2 Å². The van der Waals surface area contributed by atoms with Crippen LogP contribution in [-0.2, 0) is 4.79 Å². The summed E-state index contributed by atoms with van der Waals surface area (Å²) in [7, 11) is 0. The van der Waals surface area contributed by atoms with Gasteiger partial charge >= 0.3 is 0 Å². The molecule has 0 radical (unpaired) electrons. The van der Waals surface area contributed by atoms with E-state index in [1.165, 1.54) is 13.1 Å². The van der Waals surface area contributed by atoms with Crippen molar-refractivity contribution in [3.63, 3.8) is 0 Å². The zero-order valence-corrected chi connectivity index (χ0v) is 20.7. The fourth-order valence-corrected chi connectivity index (χ4v) is 4.71. The van der Waals surface area contributed by atoms with E-state index >= 15 is 0 Å². The molecule has 1 aliphatic rings.